The van der Waals surface area contributed by atoms with Crippen LogP contribution in [0.1, 0.15) is 58.4 Å². The highest BCUT2D eigenvalue weighted by molar-refractivity contribution is 9.10. The van der Waals surface area contributed by atoms with Gasteiger partial charge in [0.1, 0.15) is 0 Å². The minimum absolute atomic E-state index is 0.757. The average Bonchev–Trinajstić information content (AvgIpc) is 2.50. The molecule has 0 amide bonds. The Morgan fingerprint density at radius 3 is 2.33 bits per heavy atom. The first-order chi connectivity index (χ1) is 10.2. The number of benzene rings is 1. The summed E-state index contributed by atoms with van der Waals surface area (Å²) in [5.74, 6) is 1.65. The summed E-state index contributed by atoms with van der Waals surface area (Å²) >= 11 is 3.52. The second kappa shape index (κ2) is 11.3. The fraction of sp³-hybridized carbons (Fsp3) is 0.684. The van der Waals surface area contributed by atoms with Gasteiger partial charge in [-0.05, 0) is 55.5 Å². The Kier molecular flexibility index (Phi) is 10.0. The summed E-state index contributed by atoms with van der Waals surface area (Å²) in [7, 11) is 0. The molecule has 1 nitrogen and oxygen atoms in total. The second-order valence-corrected chi connectivity index (χ2v) is 7.07. The smallest absolute Gasteiger partial charge is 0.0175 e. The summed E-state index contributed by atoms with van der Waals surface area (Å²) < 4.78 is 1.17. The van der Waals surface area contributed by atoms with Crippen molar-refractivity contribution in [1.82, 2.24) is 5.32 Å². The number of hydrogen-bond donors (Lipinski definition) is 1. The van der Waals surface area contributed by atoms with Crippen LogP contribution in [0, 0.1) is 11.8 Å². The Balaban J connectivity index is 2.58. The van der Waals surface area contributed by atoms with Gasteiger partial charge >= 0.3 is 0 Å². The highest BCUT2D eigenvalue weighted by Crippen LogP contribution is 2.24. The van der Waals surface area contributed by atoms with Crippen LogP contribution in [0.3, 0.4) is 0 Å². The Bertz CT molecular complexity index is 360. The predicted octanol–water partition coefficient (Wildman–Crippen LogP) is 5.82. The summed E-state index contributed by atoms with van der Waals surface area (Å²) in [6, 6.07) is 8.84. The molecule has 0 heterocycles. The zero-order valence-corrected chi connectivity index (χ0v) is 15.6. The number of nitrogens with one attached hydrogen (secondary N) is 1. The van der Waals surface area contributed by atoms with E-state index >= 15 is 0 Å². The van der Waals surface area contributed by atoms with Crippen LogP contribution >= 0.6 is 15.9 Å². The second-order valence-electron chi connectivity index (χ2n) is 6.16. The normalized spacial score (nSPS) is 14.1. The molecule has 0 fully saturated rings. The molecule has 0 aromatic heterocycles. The van der Waals surface area contributed by atoms with Crippen molar-refractivity contribution in [2.45, 2.75) is 59.3 Å². The number of halogens is 1. The highest BCUT2D eigenvalue weighted by atomic mass is 79.9. The quantitative estimate of drug-likeness (QED) is 0.528. The van der Waals surface area contributed by atoms with Crippen molar-refractivity contribution in [2.75, 3.05) is 13.1 Å². The van der Waals surface area contributed by atoms with E-state index in [1.807, 2.05) is 0 Å². The molecule has 120 valence electrons. The third-order valence-corrected chi connectivity index (χ3v) is 4.86. The summed E-state index contributed by atoms with van der Waals surface area (Å²) in [5.41, 5.74) is 1.46. The average molecular weight is 354 g/mol. The molecule has 21 heavy (non-hydrogen) atoms. The highest BCUT2D eigenvalue weighted by Gasteiger charge is 2.15. The van der Waals surface area contributed by atoms with E-state index < -0.39 is 0 Å². The van der Waals surface area contributed by atoms with Crippen LogP contribution in [0.2, 0.25) is 0 Å². The van der Waals surface area contributed by atoms with Crippen molar-refractivity contribution in [3.8, 4) is 0 Å². The van der Waals surface area contributed by atoms with Gasteiger partial charge in [0.05, 0.1) is 0 Å². The van der Waals surface area contributed by atoms with Gasteiger partial charge in [-0.15, -0.1) is 0 Å². The lowest BCUT2D eigenvalue weighted by molar-refractivity contribution is 0.326. The van der Waals surface area contributed by atoms with Crippen LogP contribution in [0.5, 0.6) is 0 Å². The molecule has 1 rings (SSSR count). The van der Waals surface area contributed by atoms with Crippen LogP contribution < -0.4 is 5.32 Å². The van der Waals surface area contributed by atoms with Crippen molar-refractivity contribution in [2.24, 2.45) is 11.8 Å². The Morgan fingerprint density at radius 2 is 1.76 bits per heavy atom. The minimum Gasteiger partial charge on any atom is -0.317 e. The van der Waals surface area contributed by atoms with Gasteiger partial charge in [-0.1, -0.05) is 74.5 Å². The Hall–Kier alpha value is -0.340. The number of hydrogen-bond acceptors (Lipinski definition) is 1. The SMILES string of the molecule is CCCCC(CC)CC(CNCC)Cc1ccc(Br)cc1. The first-order valence-electron chi connectivity index (χ1n) is 8.64. The largest absolute Gasteiger partial charge is 0.317 e. The van der Waals surface area contributed by atoms with Crippen LogP contribution in [-0.2, 0) is 6.42 Å². The molecule has 0 aliphatic heterocycles. The monoisotopic (exact) mass is 353 g/mol. The van der Waals surface area contributed by atoms with Gasteiger partial charge < -0.3 is 5.32 Å². The summed E-state index contributed by atoms with van der Waals surface area (Å²) in [6.07, 6.45) is 7.98. The maximum atomic E-state index is 3.56. The summed E-state index contributed by atoms with van der Waals surface area (Å²) in [5, 5.41) is 3.56. The minimum atomic E-state index is 0.757. The van der Waals surface area contributed by atoms with Crippen molar-refractivity contribution in [1.29, 1.82) is 0 Å². The van der Waals surface area contributed by atoms with E-state index in [1.165, 1.54) is 48.6 Å². The lowest BCUT2D eigenvalue weighted by atomic mass is 9.85. The predicted molar refractivity (Wildman–Crippen MR) is 97.8 cm³/mol. The van der Waals surface area contributed by atoms with E-state index in [4.69, 9.17) is 0 Å². The molecule has 0 bridgehead atoms. The van der Waals surface area contributed by atoms with E-state index in [2.05, 4.69) is 66.3 Å². The molecular formula is C19H32BrN. The summed E-state index contributed by atoms with van der Waals surface area (Å²) in [4.78, 5) is 0. The molecule has 2 unspecified atom stereocenters. The third kappa shape index (κ3) is 8.01. The molecule has 2 atom stereocenters. The maximum Gasteiger partial charge on any atom is 0.0175 e. The fourth-order valence-electron chi connectivity index (χ4n) is 2.99. The topological polar surface area (TPSA) is 12.0 Å². The van der Waals surface area contributed by atoms with Gasteiger partial charge in [-0.2, -0.15) is 0 Å². The molecule has 0 aliphatic rings. The van der Waals surface area contributed by atoms with E-state index in [0.717, 1.165) is 24.9 Å². The lowest BCUT2D eigenvalue weighted by Crippen LogP contribution is -2.26. The zero-order chi connectivity index (χ0) is 15.5. The van der Waals surface area contributed by atoms with Crippen LogP contribution in [0.15, 0.2) is 28.7 Å². The molecule has 1 aromatic rings. The molecule has 1 N–H and O–H groups in total. The van der Waals surface area contributed by atoms with E-state index in [0.29, 0.717) is 0 Å². The molecule has 1 aromatic carbocycles. The lowest BCUT2D eigenvalue weighted by Gasteiger charge is -2.23. The number of unbranched alkanes of at least 4 members (excludes halogenated alkanes) is 1. The van der Waals surface area contributed by atoms with E-state index in [-0.39, 0.29) is 0 Å². The van der Waals surface area contributed by atoms with Gasteiger partial charge in [0.15, 0.2) is 0 Å². The van der Waals surface area contributed by atoms with Gasteiger partial charge in [0.2, 0.25) is 0 Å². The van der Waals surface area contributed by atoms with Gasteiger partial charge in [0.25, 0.3) is 0 Å². The van der Waals surface area contributed by atoms with Gasteiger partial charge in [-0.25, -0.2) is 0 Å². The first-order valence-corrected chi connectivity index (χ1v) is 9.43. The Morgan fingerprint density at radius 1 is 1.05 bits per heavy atom. The third-order valence-electron chi connectivity index (χ3n) is 4.33. The number of rotatable bonds is 11. The van der Waals surface area contributed by atoms with Gasteiger partial charge in [0, 0.05) is 4.47 Å². The Labute approximate surface area is 140 Å². The molecule has 0 saturated heterocycles. The van der Waals surface area contributed by atoms with E-state index in [9.17, 15) is 0 Å². The maximum absolute atomic E-state index is 3.56. The molecule has 2 heteroatoms. The van der Waals surface area contributed by atoms with Crippen molar-refractivity contribution < 1.29 is 0 Å². The molecular weight excluding hydrogens is 322 g/mol. The molecule has 0 saturated carbocycles. The molecule has 0 radical (unpaired) electrons. The van der Waals surface area contributed by atoms with Crippen molar-refractivity contribution >= 4 is 15.9 Å². The van der Waals surface area contributed by atoms with Crippen LogP contribution in [0.25, 0.3) is 0 Å². The summed E-state index contributed by atoms with van der Waals surface area (Å²) in [6.45, 7) is 9.07. The van der Waals surface area contributed by atoms with E-state index in [1.54, 1.807) is 0 Å². The molecule has 0 aliphatic carbocycles. The first kappa shape index (κ1) is 18.7. The zero-order valence-electron chi connectivity index (χ0n) is 14.0. The van der Waals surface area contributed by atoms with Crippen LogP contribution in [0.4, 0.5) is 0 Å². The van der Waals surface area contributed by atoms with Crippen LogP contribution in [-0.4, -0.2) is 13.1 Å². The standard InChI is InChI=1S/C19H32BrN/c1-4-7-8-16(5-2)13-18(15-21-6-3)14-17-9-11-19(20)12-10-17/h9-12,16,18,21H,4-8,13-15H2,1-3H3. The van der Waals surface area contributed by atoms with Crippen molar-refractivity contribution in [3.05, 3.63) is 34.3 Å². The van der Waals surface area contributed by atoms with Gasteiger partial charge in [-0.3, -0.25) is 0 Å². The molecule has 0 spiro atoms. The fourth-order valence-corrected chi connectivity index (χ4v) is 3.26. The van der Waals surface area contributed by atoms with Crippen molar-refractivity contribution in [3.63, 3.8) is 0 Å².